The standard InChI is InChI=1S/C26H29ClN4O6/c1-15-9-17(10-20(27)23(15)35-8-7-31-13-19(14-31)36-26(32)33)24-29-25(37-30-24)18-11-21(16-5-3-4-6-16)28-22(12-18)34-2/h9-12,16,19H,3-8,13-14H2,1-2H3,(H,32,33). The summed E-state index contributed by atoms with van der Waals surface area (Å²) in [6.07, 6.45) is 3.15. The van der Waals surface area contributed by atoms with Crippen molar-refractivity contribution in [2.45, 2.75) is 44.6 Å². The average molecular weight is 529 g/mol. The molecule has 2 aromatic heterocycles. The molecular formula is C26H29ClN4O6. The number of aryl methyl sites for hydroxylation is 1. The normalized spacial score (nSPS) is 16.5. The summed E-state index contributed by atoms with van der Waals surface area (Å²) in [6.45, 7) is 4.09. The van der Waals surface area contributed by atoms with Gasteiger partial charge in [-0.25, -0.2) is 9.78 Å². The molecule has 0 atom stereocenters. The van der Waals surface area contributed by atoms with Gasteiger partial charge in [0.15, 0.2) is 0 Å². The summed E-state index contributed by atoms with van der Waals surface area (Å²) in [5, 5.41) is 13.3. The van der Waals surface area contributed by atoms with Crippen molar-refractivity contribution >= 4 is 17.8 Å². The van der Waals surface area contributed by atoms with Gasteiger partial charge in [0.2, 0.25) is 11.7 Å². The fourth-order valence-electron chi connectivity index (χ4n) is 4.88. The van der Waals surface area contributed by atoms with Crippen LogP contribution in [-0.2, 0) is 4.74 Å². The molecule has 3 heterocycles. The van der Waals surface area contributed by atoms with E-state index < -0.39 is 6.16 Å². The monoisotopic (exact) mass is 528 g/mol. The van der Waals surface area contributed by atoms with Crippen LogP contribution in [0.3, 0.4) is 0 Å². The first-order valence-electron chi connectivity index (χ1n) is 12.3. The molecule has 1 saturated heterocycles. The molecule has 11 heteroatoms. The van der Waals surface area contributed by atoms with Crippen LogP contribution in [0, 0.1) is 6.92 Å². The predicted octanol–water partition coefficient (Wildman–Crippen LogP) is 5.18. The van der Waals surface area contributed by atoms with E-state index in [9.17, 15) is 4.79 Å². The number of hydrogen-bond donors (Lipinski definition) is 1. The predicted molar refractivity (Wildman–Crippen MR) is 135 cm³/mol. The van der Waals surface area contributed by atoms with Crippen molar-refractivity contribution in [3.05, 3.63) is 40.5 Å². The summed E-state index contributed by atoms with van der Waals surface area (Å²) in [4.78, 5) is 21.9. The molecule has 196 valence electrons. The second-order valence-electron chi connectivity index (χ2n) is 9.45. The summed E-state index contributed by atoms with van der Waals surface area (Å²) in [7, 11) is 1.60. The molecule has 5 rings (SSSR count). The lowest BCUT2D eigenvalue weighted by Gasteiger charge is -2.37. The quantitative estimate of drug-likeness (QED) is 0.372. The molecule has 3 aromatic rings. The third-order valence-electron chi connectivity index (χ3n) is 6.81. The topological polar surface area (TPSA) is 120 Å². The molecule has 10 nitrogen and oxygen atoms in total. The first-order valence-corrected chi connectivity index (χ1v) is 12.7. The zero-order valence-electron chi connectivity index (χ0n) is 20.8. The summed E-state index contributed by atoms with van der Waals surface area (Å²) < 4.78 is 21.7. The lowest BCUT2D eigenvalue weighted by molar-refractivity contribution is -0.0362. The van der Waals surface area contributed by atoms with Crippen molar-refractivity contribution in [2.75, 3.05) is 33.4 Å². The molecule has 2 aliphatic rings. The second kappa shape index (κ2) is 10.9. The van der Waals surface area contributed by atoms with Gasteiger partial charge in [0.05, 0.1) is 12.1 Å². The molecule has 1 aromatic carbocycles. The fraction of sp³-hybridized carbons (Fsp3) is 0.462. The molecule has 1 N–H and O–H groups in total. The van der Waals surface area contributed by atoms with Crippen LogP contribution < -0.4 is 9.47 Å². The average Bonchev–Trinajstić information content (AvgIpc) is 3.56. The number of benzene rings is 1. The Labute approximate surface area is 219 Å². The van der Waals surface area contributed by atoms with E-state index in [-0.39, 0.29) is 6.10 Å². The molecule has 1 aliphatic carbocycles. The maximum atomic E-state index is 10.6. The third-order valence-corrected chi connectivity index (χ3v) is 7.09. The molecule has 1 aliphatic heterocycles. The van der Waals surface area contributed by atoms with Crippen molar-refractivity contribution in [3.8, 4) is 34.5 Å². The zero-order chi connectivity index (χ0) is 25.9. The van der Waals surface area contributed by atoms with Gasteiger partial charge in [-0.1, -0.05) is 29.6 Å². The van der Waals surface area contributed by atoms with Crippen LogP contribution >= 0.6 is 11.6 Å². The highest BCUT2D eigenvalue weighted by Crippen LogP contribution is 2.37. The molecule has 0 unspecified atom stereocenters. The number of rotatable bonds is 9. The first kappa shape index (κ1) is 25.3. The summed E-state index contributed by atoms with van der Waals surface area (Å²) in [5.41, 5.74) is 3.34. The molecule has 1 saturated carbocycles. The van der Waals surface area contributed by atoms with Crippen molar-refractivity contribution in [1.29, 1.82) is 0 Å². The summed E-state index contributed by atoms with van der Waals surface area (Å²) in [6, 6.07) is 7.49. The molecule has 0 spiro atoms. The first-order chi connectivity index (χ1) is 17.9. The minimum atomic E-state index is -1.24. The van der Waals surface area contributed by atoms with Gasteiger partial charge < -0.3 is 23.8 Å². The SMILES string of the molecule is COc1cc(-c2nc(-c3cc(C)c(OCCN4CC(OC(=O)O)C4)c(Cl)c3)no2)cc(C2CCCC2)n1. The largest absolute Gasteiger partial charge is 0.506 e. The van der Waals surface area contributed by atoms with Gasteiger partial charge in [0.25, 0.3) is 5.89 Å². The van der Waals surface area contributed by atoms with Gasteiger partial charge in [-0.15, -0.1) is 0 Å². The smallest absolute Gasteiger partial charge is 0.490 e. The molecule has 0 radical (unpaired) electrons. The summed E-state index contributed by atoms with van der Waals surface area (Å²) in [5.74, 6) is 2.36. The molecular weight excluding hydrogens is 500 g/mol. The number of hydrogen-bond acceptors (Lipinski definition) is 9. The minimum Gasteiger partial charge on any atom is -0.490 e. The highest BCUT2D eigenvalue weighted by molar-refractivity contribution is 6.32. The van der Waals surface area contributed by atoms with E-state index in [0.29, 0.717) is 60.5 Å². The van der Waals surface area contributed by atoms with Gasteiger partial charge in [-0.05, 0) is 43.5 Å². The van der Waals surface area contributed by atoms with E-state index in [4.69, 9.17) is 35.4 Å². The Balaban J connectivity index is 1.26. The Kier molecular flexibility index (Phi) is 7.48. The highest BCUT2D eigenvalue weighted by Gasteiger charge is 2.29. The number of likely N-dealkylation sites (tertiary alicyclic amines) is 1. The maximum Gasteiger partial charge on any atom is 0.506 e. The van der Waals surface area contributed by atoms with Crippen molar-refractivity contribution in [3.63, 3.8) is 0 Å². The van der Waals surface area contributed by atoms with Gasteiger partial charge in [0.1, 0.15) is 18.5 Å². The van der Waals surface area contributed by atoms with E-state index in [1.807, 2.05) is 19.1 Å². The van der Waals surface area contributed by atoms with E-state index >= 15 is 0 Å². The van der Waals surface area contributed by atoms with Crippen LogP contribution in [0.15, 0.2) is 28.8 Å². The number of aromatic nitrogens is 3. The van der Waals surface area contributed by atoms with Crippen LogP contribution in [-0.4, -0.2) is 70.7 Å². The Hall–Kier alpha value is -3.37. The Morgan fingerprint density at radius 2 is 1.95 bits per heavy atom. The maximum absolute atomic E-state index is 10.6. The Bertz CT molecular complexity index is 1250. The number of methoxy groups -OCH3 is 1. The van der Waals surface area contributed by atoms with Crippen LogP contribution in [0.4, 0.5) is 4.79 Å². The lowest BCUT2D eigenvalue weighted by atomic mass is 10.0. The minimum absolute atomic E-state index is 0.274. The van der Waals surface area contributed by atoms with Gasteiger partial charge in [-0.3, -0.25) is 4.90 Å². The van der Waals surface area contributed by atoms with Crippen LogP contribution in [0.5, 0.6) is 11.6 Å². The number of carbonyl (C=O) groups is 1. The van der Waals surface area contributed by atoms with Crippen LogP contribution in [0.2, 0.25) is 5.02 Å². The highest BCUT2D eigenvalue weighted by atomic mass is 35.5. The van der Waals surface area contributed by atoms with Crippen LogP contribution in [0.1, 0.15) is 42.9 Å². The van der Waals surface area contributed by atoms with E-state index in [1.165, 1.54) is 12.8 Å². The number of pyridine rings is 1. The van der Waals surface area contributed by atoms with Crippen molar-refractivity contribution < 1.29 is 28.6 Å². The summed E-state index contributed by atoms with van der Waals surface area (Å²) >= 11 is 6.55. The van der Waals surface area contributed by atoms with Gasteiger partial charge >= 0.3 is 6.16 Å². The lowest BCUT2D eigenvalue weighted by Crippen LogP contribution is -2.53. The van der Waals surface area contributed by atoms with Gasteiger partial charge in [0, 0.05) is 48.4 Å². The van der Waals surface area contributed by atoms with Gasteiger partial charge in [-0.2, -0.15) is 4.98 Å². The Morgan fingerprint density at radius 3 is 2.65 bits per heavy atom. The van der Waals surface area contributed by atoms with Crippen molar-refractivity contribution in [1.82, 2.24) is 20.0 Å². The molecule has 37 heavy (non-hydrogen) atoms. The second-order valence-corrected chi connectivity index (χ2v) is 9.85. The van der Waals surface area contributed by atoms with Crippen LogP contribution in [0.25, 0.3) is 22.8 Å². The van der Waals surface area contributed by atoms with E-state index in [0.717, 1.165) is 35.2 Å². The molecule has 0 bridgehead atoms. The Morgan fingerprint density at radius 1 is 1.16 bits per heavy atom. The number of ether oxygens (including phenoxy) is 3. The molecule has 0 amide bonds. The molecule has 2 fully saturated rings. The fourth-order valence-corrected chi connectivity index (χ4v) is 5.21. The number of nitrogens with zero attached hydrogens (tertiary/aromatic N) is 4. The van der Waals surface area contributed by atoms with E-state index in [2.05, 4.69) is 20.0 Å². The number of carboxylic acid groups (broad SMARTS) is 1. The van der Waals surface area contributed by atoms with Crippen molar-refractivity contribution in [2.24, 2.45) is 0 Å². The van der Waals surface area contributed by atoms with E-state index in [1.54, 1.807) is 19.2 Å². The number of halogens is 1. The third kappa shape index (κ3) is 5.80. The zero-order valence-corrected chi connectivity index (χ0v) is 21.5.